The monoisotopic (exact) mass is 387 g/mol. The number of hydrogen-bond acceptors (Lipinski definition) is 2. The first-order valence-corrected chi connectivity index (χ1v) is 8.34. The van der Waals surface area contributed by atoms with E-state index in [9.17, 15) is 4.39 Å². The molecule has 0 saturated carbocycles. The van der Waals surface area contributed by atoms with Gasteiger partial charge in [-0.25, -0.2) is 4.39 Å². The summed E-state index contributed by atoms with van der Waals surface area (Å²) in [5.41, 5.74) is 2.98. The maximum absolute atomic E-state index is 13.6. The molecule has 1 aliphatic carbocycles. The molecule has 1 aromatic heterocycles. The van der Waals surface area contributed by atoms with Crippen LogP contribution in [0.2, 0.25) is 0 Å². The van der Waals surface area contributed by atoms with Crippen LogP contribution in [0.1, 0.15) is 34.9 Å². The standard InChI is InChI=1S/C15H15FINS/c1-9-5-6-10(7-12(9)16)18-13-3-2-4-14-11(13)8-15(17)19-14/h5-8,13,18H,2-4H2,1H3. The molecule has 2 aromatic rings. The maximum atomic E-state index is 13.6. The molecule has 1 N–H and O–H groups in total. The summed E-state index contributed by atoms with van der Waals surface area (Å²) in [5, 5.41) is 3.48. The predicted octanol–water partition coefficient (Wildman–Crippen LogP) is 5.29. The van der Waals surface area contributed by atoms with Crippen LogP contribution in [0.3, 0.4) is 0 Å². The zero-order valence-corrected chi connectivity index (χ0v) is 13.6. The van der Waals surface area contributed by atoms with Gasteiger partial charge in [-0.1, -0.05) is 6.07 Å². The molecule has 0 radical (unpaired) electrons. The average Bonchev–Trinajstić information content (AvgIpc) is 2.75. The molecule has 0 aliphatic heterocycles. The highest BCUT2D eigenvalue weighted by atomic mass is 127. The third kappa shape index (κ3) is 2.79. The number of thiophene rings is 1. The molecule has 0 amide bonds. The first-order valence-electron chi connectivity index (χ1n) is 6.44. The highest BCUT2D eigenvalue weighted by molar-refractivity contribution is 14.1. The van der Waals surface area contributed by atoms with E-state index in [0.717, 1.165) is 12.1 Å². The van der Waals surface area contributed by atoms with Crippen molar-refractivity contribution in [2.75, 3.05) is 5.32 Å². The van der Waals surface area contributed by atoms with E-state index in [1.165, 1.54) is 26.2 Å². The summed E-state index contributed by atoms with van der Waals surface area (Å²) in [7, 11) is 0. The van der Waals surface area contributed by atoms with Crippen LogP contribution in [-0.2, 0) is 6.42 Å². The second-order valence-corrected chi connectivity index (χ2v) is 8.01. The normalized spacial score (nSPS) is 18.2. The number of halogens is 2. The third-order valence-electron chi connectivity index (χ3n) is 3.60. The summed E-state index contributed by atoms with van der Waals surface area (Å²) in [6, 6.07) is 7.98. The van der Waals surface area contributed by atoms with E-state index in [0.29, 0.717) is 11.6 Å². The summed E-state index contributed by atoms with van der Waals surface area (Å²) in [5.74, 6) is -0.138. The van der Waals surface area contributed by atoms with Gasteiger partial charge in [0.15, 0.2) is 0 Å². The molecular formula is C15H15FINS. The molecule has 1 unspecified atom stereocenters. The number of anilines is 1. The Hall–Kier alpha value is -0.620. The Morgan fingerprint density at radius 2 is 2.21 bits per heavy atom. The van der Waals surface area contributed by atoms with Crippen molar-refractivity contribution in [3.05, 3.63) is 49.0 Å². The average molecular weight is 387 g/mol. The van der Waals surface area contributed by atoms with Crippen molar-refractivity contribution in [3.8, 4) is 0 Å². The van der Waals surface area contributed by atoms with Crippen molar-refractivity contribution >= 4 is 39.6 Å². The van der Waals surface area contributed by atoms with Crippen molar-refractivity contribution in [1.82, 2.24) is 0 Å². The number of aryl methyl sites for hydroxylation is 2. The number of fused-ring (bicyclic) bond motifs is 1. The van der Waals surface area contributed by atoms with Gasteiger partial charge < -0.3 is 5.32 Å². The summed E-state index contributed by atoms with van der Waals surface area (Å²) < 4.78 is 14.9. The van der Waals surface area contributed by atoms with Crippen molar-refractivity contribution in [1.29, 1.82) is 0 Å². The maximum Gasteiger partial charge on any atom is 0.128 e. The Morgan fingerprint density at radius 3 is 3.00 bits per heavy atom. The lowest BCUT2D eigenvalue weighted by Gasteiger charge is -2.24. The number of hydrogen-bond donors (Lipinski definition) is 1. The molecule has 0 fully saturated rings. The van der Waals surface area contributed by atoms with Crippen LogP contribution in [0.25, 0.3) is 0 Å². The van der Waals surface area contributed by atoms with Crippen LogP contribution in [0, 0.1) is 15.6 Å². The Bertz CT molecular complexity index is 608. The van der Waals surface area contributed by atoms with Crippen molar-refractivity contribution in [2.45, 2.75) is 32.2 Å². The molecule has 1 aliphatic rings. The Labute approximate surface area is 130 Å². The lowest BCUT2D eigenvalue weighted by Crippen LogP contribution is -2.15. The van der Waals surface area contributed by atoms with Gasteiger partial charge in [0, 0.05) is 10.6 Å². The molecule has 4 heteroatoms. The van der Waals surface area contributed by atoms with E-state index in [-0.39, 0.29) is 5.82 Å². The molecule has 0 saturated heterocycles. The smallest absolute Gasteiger partial charge is 0.128 e. The second-order valence-electron chi connectivity index (χ2n) is 4.98. The molecule has 19 heavy (non-hydrogen) atoms. The van der Waals surface area contributed by atoms with E-state index in [2.05, 4.69) is 34.0 Å². The van der Waals surface area contributed by atoms with Crippen LogP contribution in [0.15, 0.2) is 24.3 Å². The Kier molecular flexibility index (Phi) is 3.80. The van der Waals surface area contributed by atoms with Gasteiger partial charge in [0.2, 0.25) is 0 Å². The highest BCUT2D eigenvalue weighted by Crippen LogP contribution is 2.38. The molecule has 1 heterocycles. The summed E-state index contributed by atoms with van der Waals surface area (Å²) in [4.78, 5) is 1.49. The Morgan fingerprint density at radius 1 is 1.37 bits per heavy atom. The summed E-state index contributed by atoms with van der Waals surface area (Å²) in [6.07, 6.45) is 3.51. The van der Waals surface area contributed by atoms with Crippen LogP contribution >= 0.6 is 33.9 Å². The van der Waals surface area contributed by atoms with E-state index < -0.39 is 0 Å². The van der Waals surface area contributed by atoms with Gasteiger partial charge in [-0.05, 0) is 78.1 Å². The SMILES string of the molecule is Cc1ccc(NC2CCCc3sc(I)cc32)cc1F. The van der Waals surface area contributed by atoms with Gasteiger partial charge in [-0.2, -0.15) is 0 Å². The highest BCUT2D eigenvalue weighted by Gasteiger charge is 2.22. The van der Waals surface area contributed by atoms with E-state index in [1.807, 2.05) is 23.5 Å². The predicted molar refractivity (Wildman–Crippen MR) is 87.5 cm³/mol. The number of benzene rings is 1. The van der Waals surface area contributed by atoms with E-state index >= 15 is 0 Å². The Balaban J connectivity index is 1.86. The largest absolute Gasteiger partial charge is 0.378 e. The minimum atomic E-state index is -0.138. The summed E-state index contributed by atoms with van der Waals surface area (Å²) in [6.45, 7) is 1.79. The third-order valence-corrected chi connectivity index (χ3v) is 5.57. The zero-order chi connectivity index (χ0) is 13.4. The number of nitrogens with one attached hydrogen (secondary N) is 1. The van der Waals surface area contributed by atoms with Crippen LogP contribution < -0.4 is 5.32 Å². The van der Waals surface area contributed by atoms with Crippen LogP contribution in [0.5, 0.6) is 0 Å². The molecule has 0 bridgehead atoms. The van der Waals surface area contributed by atoms with Crippen molar-refractivity contribution in [3.63, 3.8) is 0 Å². The minimum Gasteiger partial charge on any atom is -0.378 e. The fraction of sp³-hybridized carbons (Fsp3) is 0.333. The molecule has 1 nitrogen and oxygen atoms in total. The molecule has 100 valence electrons. The fourth-order valence-corrected chi connectivity index (χ4v) is 4.67. The molecule has 3 rings (SSSR count). The quantitative estimate of drug-likeness (QED) is 0.691. The fourth-order valence-electron chi connectivity index (χ4n) is 2.56. The van der Waals surface area contributed by atoms with Gasteiger partial charge >= 0.3 is 0 Å². The van der Waals surface area contributed by atoms with Crippen LogP contribution in [0.4, 0.5) is 10.1 Å². The molecule has 1 aromatic carbocycles. The van der Waals surface area contributed by atoms with Gasteiger partial charge in [-0.3, -0.25) is 0 Å². The minimum absolute atomic E-state index is 0.138. The van der Waals surface area contributed by atoms with Gasteiger partial charge in [0.05, 0.1) is 8.93 Å². The van der Waals surface area contributed by atoms with E-state index in [1.54, 1.807) is 13.0 Å². The number of rotatable bonds is 2. The summed E-state index contributed by atoms with van der Waals surface area (Å²) >= 11 is 4.26. The first kappa shape index (κ1) is 13.4. The van der Waals surface area contributed by atoms with Gasteiger partial charge in [0.25, 0.3) is 0 Å². The topological polar surface area (TPSA) is 12.0 Å². The van der Waals surface area contributed by atoms with Crippen LogP contribution in [-0.4, -0.2) is 0 Å². The van der Waals surface area contributed by atoms with Gasteiger partial charge in [0.1, 0.15) is 5.82 Å². The van der Waals surface area contributed by atoms with Crippen molar-refractivity contribution in [2.24, 2.45) is 0 Å². The van der Waals surface area contributed by atoms with Gasteiger partial charge in [-0.15, -0.1) is 11.3 Å². The molecule has 0 spiro atoms. The van der Waals surface area contributed by atoms with E-state index in [4.69, 9.17) is 0 Å². The van der Waals surface area contributed by atoms with Crippen molar-refractivity contribution < 1.29 is 4.39 Å². The zero-order valence-electron chi connectivity index (χ0n) is 10.7. The lowest BCUT2D eigenvalue weighted by molar-refractivity contribution is 0.603. The molecular weight excluding hydrogens is 372 g/mol. The lowest BCUT2D eigenvalue weighted by atomic mass is 9.94. The first-order chi connectivity index (χ1) is 9.13. The molecule has 1 atom stereocenters. The second kappa shape index (κ2) is 5.40.